The van der Waals surface area contributed by atoms with Crippen molar-refractivity contribution in [1.82, 2.24) is 0 Å². The van der Waals surface area contributed by atoms with E-state index in [0.717, 1.165) is 6.08 Å². The molecule has 0 saturated carbocycles. The van der Waals surface area contributed by atoms with Gasteiger partial charge >= 0.3 is 11.9 Å². The quantitative estimate of drug-likeness (QED) is 0.420. The lowest BCUT2D eigenvalue weighted by Gasteiger charge is -2.13. The number of aromatic hydroxyl groups is 2. The average Bonchev–Trinajstić information content (AvgIpc) is 2.33. The fourth-order valence-corrected chi connectivity index (χ4v) is 1.41. The molecule has 1 aromatic carbocycles. The highest BCUT2D eigenvalue weighted by atomic mass is 16.6. The molecule has 0 heterocycles. The van der Waals surface area contributed by atoms with Crippen LogP contribution < -0.4 is 0 Å². The Labute approximate surface area is 109 Å². The Morgan fingerprint density at radius 2 is 2.00 bits per heavy atom. The van der Waals surface area contributed by atoms with E-state index in [1.54, 1.807) is 6.92 Å². The van der Waals surface area contributed by atoms with Gasteiger partial charge in [-0.05, 0) is 24.6 Å². The van der Waals surface area contributed by atoms with Crippen molar-refractivity contribution in [2.75, 3.05) is 0 Å². The first-order chi connectivity index (χ1) is 8.93. The smallest absolute Gasteiger partial charge is 0.345 e. The summed E-state index contributed by atoms with van der Waals surface area (Å²) in [6.07, 6.45) is 1.09. The summed E-state index contributed by atoms with van der Waals surface area (Å²) >= 11 is 0. The van der Waals surface area contributed by atoms with Gasteiger partial charge in [-0.2, -0.15) is 0 Å². The second-order valence-electron chi connectivity index (χ2n) is 3.79. The first-order valence-electron chi connectivity index (χ1n) is 5.51. The molecule has 1 unspecified atom stereocenters. The average molecular weight is 266 g/mol. The van der Waals surface area contributed by atoms with Crippen molar-refractivity contribution in [3.05, 3.63) is 35.9 Å². The van der Waals surface area contributed by atoms with Gasteiger partial charge in [0.1, 0.15) is 0 Å². The number of allylic oxidation sites excluding steroid dienone is 1. The molecular weight excluding hydrogens is 252 g/mol. The van der Waals surface area contributed by atoms with Gasteiger partial charge in [0.15, 0.2) is 11.5 Å². The van der Waals surface area contributed by atoms with Crippen LogP contribution in [0.1, 0.15) is 12.5 Å². The summed E-state index contributed by atoms with van der Waals surface area (Å²) in [6, 6.07) is 3.89. The van der Waals surface area contributed by atoms with E-state index in [2.05, 4.69) is 0 Å². The van der Waals surface area contributed by atoms with Gasteiger partial charge in [0, 0.05) is 12.5 Å². The standard InChI is InChI=1S/C13H14O6/c1-2-3-12(16)19-11(13(17)18)7-8-4-5-9(14)10(15)6-8/h2-6,11,14-15H,7H2,1H3,(H,17,18). The predicted molar refractivity (Wildman–Crippen MR) is 65.8 cm³/mol. The Kier molecular flexibility index (Phi) is 4.93. The molecule has 1 atom stereocenters. The molecule has 0 aliphatic rings. The van der Waals surface area contributed by atoms with Crippen molar-refractivity contribution in [3.8, 4) is 11.5 Å². The van der Waals surface area contributed by atoms with Gasteiger partial charge < -0.3 is 20.1 Å². The minimum absolute atomic E-state index is 0.105. The van der Waals surface area contributed by atoms with Crippen LogP contribution >= 0.6 is 0 Å². The van der Waals surface area contributed by atoms with E-state index in [1.807, 2.05) is 0 Å². The monoisotopic (exact) mass is 266 g/mol. The molecule has 0 spiro atoms. The SMILES string of the molecule is CC=CC(=O)OC(Cc1ccc(O)c(O)c1)C(=O)O. The van der Waals surface area contributed by atoms with Crippen LogP contribution in [0.3, 0.4) is 0 Å². The molecule has 6 nitrogen and oxygen atoms in total. The Hall–Kier alpha value is -2.50. The molecule has 0 fully saturated rings. The van der Waals surface area contributed by atoms with Crippen LogP contribution in [0.4, 0.5) is 0 Å². The first kappa shape index (κ1) is 14.6. The largest absolute Gasteiger partial charge is 0.504 e. The number of hydrogen-bond acceptors (Lipinski definition) is 5. The number of carboxylic acid groups (broad SMARTS) is 1. The van der Waals surface area contributed by atoms with Crippen molar-refractivity contribution in [1.29, 1.82) is 0 Å². The van der Waals surface area contributed by atoms with Crippen molar-refractivity contribution in [3.63, 3.8) is 0 Å². The highest BCUT2D eigenvalue weighted by molar-refractivity contribution is 5.85. The van der Waals surface area contributed by atoms with Gasteiger partial charge in [0.25, 0.3) is 0 Å². The number of ether oxygens (including phenoxy) is 1. The summed E-state index contributed by atoms with van der Waals surface area (Å²) in [4.78, 5) is 22.2. The predicted octanol–water partition coefficient (Wildman–Crippen LogP) is 1.21. The van der Waals surface area contributed by atoms with E-state index in [9.17, 15) is 14.7 Å². The van der Waals surface area contributed by atoms with E-state index in [-0.39, 0.29) is 17.9 Å². The van der Waals surface area contributed by atoms with Crippen LogP contribution in [-0.2, 0) is 20.7 Å². The molecule has 0 aliphatic carbocycles. The van der Waals surface area contributed by atoms with E-state index < -0.39 is 18.0 Å². The second-order valence-corrected chi connectivity index (χ2v) is 3.79. The normalized spacial score (nSPS) is 12.3. The first-order valence-corrected chi connectivity index (χ1v) is 5.51. The van der Waals surface area contributed by atoms with Gasteiger partial charge in [0.05, 0.1) is 0 Å². The lowest BCUT2D eigenvalue weighted by Crippen LogP contribution is -2.28. The summed E-state index contributed by atoms with van der Waals surface area (Å²) < 4.78 is 4.76. The number of carbonyl (C=O) groups is 2. The van der Waals surface area contributed by atoms with Crippen LogP contribution in [0, 0.1) is 0 Å². The number of carbonyl (C=O) groups excluding carboxylic acids is 1. The number of phenols is 2. The van der Waals surface area contributed by atoms with Crippen molar-refractivity contribution in [2.45, 2.75) is 19.4 Å². The zero-order chi connectivity index (χ0) is 14.4. The molecule has 3 N–H and O–H groups in total. The molecule has 0 amide bonds. The van der Waals surface area contributed by atoms with Gasteiger partial charge in [-0.15, -0.1) is 0 Å². The summed E-state index contributed by atoms with van der Waals surface area (Å²) in [5.41, 5.74) is 0.427. The lowest BCUT2D eigenvalue weighted by molar-refractivity contribution is -0.160. The number of carboxylic acids is 1. The third kappa shape index (κ3) is 4.34. The van der Waals surface area contributed by atoms with Crippen LogP contribution in [0.25, 0.3) is 0 Å². The highest BCUT2D eigenvalue weighted by Gasteiger charge is 2.22. The zero-order valence-electron chi connectivity index (χ0n) is 10.2. The van der Waals surface area contributed by atoms with Crippen LogP contribution in [-0.4, -0.2) is 33.4 Å². The Bertz CT molecular complexity index is 506. The molecular formula is C13H14O6. The molecule has 0 saturated heterocycles. The Balaban J connectivity index is 2.81. The van der Waals surface area contributed by atoms with Crippen LogP contribution in [0.5, 0.6) is 11.5 Å². The minimum Gasteiger partial charge on any atom is -0.504 e. The topological polar surface area (TPSA) is 104 Å². The molecule has 0 bridgehead atoms. The van der Waals surface area contributed by atoms with E-state index in [4.69, 9.17) is 14.9 Å². The van der Waals surface area contributed by atoms with Gasteiger partial charge in [-0.25, -0.2) is 9.59 Å². The molecule has 0 radical (unpaired) electrons. The van der Waals surface area contributed by atoms with Gasteiger partial charge in [0.2, 0.25) is 6.10 Å². The number of aliphatic carboxylic acids is 1. The van der Waals surface area contributed by atoms with Crippen molar-refractivity contribution < 1.29 is 29.6 Å². The summed E-state index contributed by atoms with van der Waals surface area (Å²) in [6.45, 7) is 1.61. The molecule has 6 heteroatoms. The highest BCUT2D eigenvalue weighted by Crippen LogP contribution is 2.25. The maximum Gasteiger partial charge on any atom is 0.345 e. The van der Waals surface area contributed by atoms with Gasteiger partial charge in [-0.1, -0.05) is 12.1 Å². The molecule has 19 heavy (non-hydrogen) atoms. The number of benzene rings is 1. The zero-order valence-corrected chi connectivity index (χ0v) is 10.2. The number of rotatable bonds is 5. The number of hydrogen-bond donors (Lipinski definition) is 3. The molecule has 1 aromatic rings. The maximum atomic E-state index is 11.2. The number of esters is 1. The fourth-order valence-electron chi connectivity index (χ4n) is 1.41. The van der Waals surface area contributed by atoms with Gasteiger partial charge in [-0.3, -0.25) is 0 Å². The lowest BCUT2D eigenvalue weighted by atomic mass is 10.1. The molecule has 1 rings (SSSR count). The maximum absolute atomic E-state index is 11.2. The Morgan fingerprint density at radius 3 is 2.53 bits per heavy atom. The Morgan fingerprint density at radius 1 is 1.32 bits per heavy atom. The van der Waals surface area contributed by atoms with Crippen LogP contribution in [0.15, 0.2) is 30.4 Å². The fraction of sp³-hybridized carbons (Fsp3) is 0.231. The third-order valence-electron chi connectivity index (χ3n) is 2.30. The summed E-state index contributed by atoms with van der Waals surface area (Å²) in [7, 11) is 0. The van der Waals surface area contributed by atoms with Crippen molar-refractivity contribution >= 4 is 11.9 Å². The molecule has 0 aromatic heterocycles. The van der Waals surface area contributed by atoms with E-state index in [1.165, 1.54) is 24.3 Å². The number of phenolic OH excluding ortho intramolecular Hbond substituents is 2. The summed E-state index contributed by atoms with van der Waals surface area (Å²) in [5.74, 6) is -2.70. The molecule has 102 valence electrons. The minimum atomic E-state index is -1.35. The molecule has 0 aliphatic heterocycles. The van der Waals surface area contributed by atoms with Crippen LogP contribution in [0.2, 0.25) is 0 Å². The van der Waals surface area contributed by atoms with E-state index in [0.29, 0.717) is 5.56 Å². The second kappa shape index (κ2) is 6.44. The third-order valence-corrected chi connectivity index (χ3v) is 2.30. The summed E-state index contributed by atoms with van der Waals surface area (Å²) in [5, 5.41) is 27.4. The van der Waals surface area contributed by atoms with Crippen molar-refractivity contribution in [2.24, 2.45) is 0 Å². The van der Waals surface area contributed by atoms with E-state index >= 15 is 0 Å².